The highest BCUT2D eigenvalue weighted by Crippen LogP contribution is 2.23. The zero-order valence-electron chi connectivity index (χ0n) is 8.59. The summed E-state index contributed by atoms with van der Waals surface area (Å²) in [6, 6.07) is 7.51. The number of carbonyl (C=O) groups is 1. The minimum Gasteiger partial charge on any atom is -0.478 e. The Hall–Kier alpha value is -1.95. The summed E-state index contributed by atoms with van der Waals surface area (Å²) in [6.45, 7) is 0. The zero-order chi connectivity index (χ0) is 12.3. The lowest BCUT2D eigenvalue weighted by atomic mass is 10.3. The number of hydrogen-bond donors (Lipinski definition) is 2. The molecule has 17 heavy (non-hydrogen) atoms. The first-order valence-electron chi connectivity index (χ1n) is 4.74. The van der Waals surface area contributed by atoms with E-state index in [1.54, 1.807) is 0 Å². The van der Waals surface area contributed by atoms with Gasteiger partial charge in [0.2, 0.25) is 5.95 Å². The number of nitrogens with one attached hydrogen (secondary N) is 1. The van der Waals surface area contributed by atoms with Crippen molar-refractivity contribution in [1.29, 1.82) is 0 Å². The van der Waals surface area contributed by atoms with Gasteiger partial charge in [-0.15, -0.1) is 0 Å². The van der Waals surface area contributed by atoms with Crippen molar-refractivity contribution in [2.75, 3.05) is 5.32 Å². The van der Waals surface area contributed by atoms with Crippen molar-refractivity contribution < 1.29 is 9.90 Å². The van der Waals surface area contributed by atoms with Gasteiger partial charge < -0.3 is 10.4 Å². The fourth-order valence-corrected chi connectivity index (χ4v) is 1.57. The smallest absolute Gasteiger partial charge is 0.338 e. The van der Waals surface area contributed by atoms with Crippen LogP contribution in [0.25, 0.3) is 0 Å². The highest BCUT2D eigenvalue weighted by atomic mass is 79.9. The van der Waals surface area contributed by atoms with E-state index in [2.05, 4.69) is 31.2 Å². The van der Waals surface area contributed by atoms with Crippen molar-refractivity contribution in [2.24, 2.45) is 0 Å². The van der Waals surface area contributed by atoms with Crippen LogP contribution in [0.1, 0.15) is 10.4 Å². The maximum Gasteiger partial charge on any atom is 0.338 e. The van der Waals surface area contributed by atoms with Crippen LogP contribution in [0.2, 0.25) is 0 Å². The molecule has 0 aliphatic rings. The van der Waals surface area contributed by atoms with Crippen molar-refractivity contribution >= 4 is 33.5 Å². The second kappa shape index (κ2) is 4.92. The summed E-state index contributed by atoms with van der Waals surface area (Å²) in [7, 11) is 0. The molecule has 2 aromatic rings. The Morgan fingerprint density at radius 3 is 2.47 bits per heavy atom. The molecule has 2 rings (SSSR count). The Morgan fingerprint density at radius 1 is 1.24 bits per heavy atom. The Kier molecular flexibility index (Phi) is 3.34. The number of carboxylic acid groups (broad SMARTS) is 1. The normalized spacial score (nSPS) is 9.94. The Balaban J connectivity index is 2.20. The monoisotopic (exact) mass is 293 g/mol. The molecule has 6 heteroatoms. The topological polar surface area (TPSA) is 75.1 Å². The van der Waals surface area contributed by atoms with Gasteiger partial charge in [0.1, 0.15) is 0 Å². The number of aromatic nitrogens is 2. The van der Waals surface area contributed by atoms with Gasteiger partial charge in [-0.3, -0.25) is 0 Å². The quantitative estimate of drug-likeness (QED) is 0.910. The van der Waals surface area contributed by atoms with Crippen molar-refractivity contribution in [3.05, 3.63) is 46.7 Å². The molecule has 0 bridgehead atoms. The first-order valence-corrected chi connectivity index (χ1v) is 5.53. The molecule has 0 aliphatic carbocycles. The van der Waals surface area contributed by atoms with E-state index in [9.17, 15) is 4.79 Å². The third kappa shape index (κ3) is 2.79. The van der Waals surface area contributed by atoms with Crippen LogP contribution < -0.4 is 5.32 Å². The predicted octanol–water partition coefficient (Wildman–Crippen LogP) is 2.68. The summed E-state index contributed by atoms with van der Waals surface area (Å²) in [6.07, 6.45) is 2.52. The predicted molar refractivity (Wildman–Crippen MR) is 66.4 cm³/mol. The van der Waals surface area contributed by atoms with Gasteiger partial charge in [-0.1, -0.05) is 12.1 Å². The van der Waals surface area contributed by atoms with Gasteiger partial charge in [-0.25, -0.2) is 14.8 Å². The van der Waals surface area contributed by atoms with Crippen LogP contribution in [0.3, 0.4) is 0 Å². The lowest BCUT2D eigenvalue weighted by Gasteiger charge is -2.06. The first-order chi connectivity index (χ1) is 8.16. The molecule has 86 valence electrons. The fraction of sp³-hybridized carbons (Fsp3) is 0. The van der Waals surface area contributed by atoms with Crippen LogP contribution in [0.4, 0.5) is 11.6 Å². The maximum atomic E-state index is 10.6. The van der Waals surface area contributed by atoms with E-state index in [1.807, 2.05) is 24.3 Å². The molecule has 2 N–H and O–H groups in total. The number of hydrogen-bond acceptors (Lipinski definition) is 4. The van der Waals surface area contributed by atoms with Gasteiger partial charge in [0.25, 0.3) is 0 Å². The molecule has 0 saturated carbocycles. The number of aromatic carboxylic acids is 1. The third-order valence-electron chi connectivity index (χ3n) is 2.02. The Morgan fingerprint density at radius 2 is 1.88 bits per heavy atom. The van der Waals surface area contributed by atoms with E-state index in [-0.39, 0.29) is 5.56 Å². The van der Waals surface area contributed by atoms with Gasteiger partial charge in [0, 0.05) is 16.9 Å². The van der Waals surface area contributed by atoms with Gasteiger partial charge in [0.15, 0.2) is 0 Å². The molecular weight excluding hydrogens is 286 g/mol. The van der Waals surface area contributed by atoms with Crippen LogP contribution in [0.15, 0.2) is 41.1 Å². The molecular formula is C11H8BrN3O2. The number of carboxylic acids is 1. The number of halogens is 1. The standard InChI is InChI=1S/C11H8BrN3O2/c12-8-3-1-2-4-9(8)15-11-13-5-7(6-14-11)10(16)17/h1-6H,(H,16,17)(H,13,14,15). The molecule has 0 spiro atoms. The van der Waals surface area contributed by atoms with Crippen molar-refractivity contribution in [2.45, 2.75) is 0 Å². The SMILES string of the molecule is O=C(O)c1cnc(Nc2ccccc2Br)nc1. The van der Waals surface area contributed by atoms with Crippen molar-refractivity contribution in [1.82, 2.24) is 9.97 Å². The average Bonchev–Trinajstić information content (AvgIpc) is 2.33. The highest BCUT2D eigenvalue weighted by molar-refractivity contribution is 9.10. The molecule has 1 aromatic carbocycles. The van der Waals surface area contributed by atoms with Gasteiger partial charge in [-0.05, 0) is 28.1 Å². The molecule has 5 nitrogen and oxygen atoms in total. The number of anilines is 2. The van der Waals surface area contributed by atoms with Crippen LogP contribution in [0.5, 0.6) is 0 Å². The van der Waals surface area contributed by atoms with E-state index < -0.39 is 5.97 Å². The molecule has 0 saturated heterocycles. The molecule has 0 aliphatic heterocycles. The second-order valence-electron chi connectivity index (χ2n) is 3.21. The fourth-order valence-electron chi connectivity index (χ4n) is 1.19. The maximum absolute atomic E-state index is 10.6. The highest BCUT2D eigenvalue weighted by Gasteiger charge is 2.05. The molecule has 1 aromatic heterocycles. The summed E-state index contributed by atoms with van der Waals surface area (Å²) in [5.74, 6) is -0.695. The average molecular weight is 294 g/mol. The lowest BCUT2D eigenvalue weighted by Crippen LogP contribution is -2.02. The summed E-state index contributed by atoms with van der Waals surface area (Å²) in [4.78, 5) is 18.4. The molecule has 0 amide bonds. The minimum absolute atomic E-state index is 0.0580. The van der Waals surface area contributed by atoms with Gasteiger partial charge in [0.05, 0.1) is 11.3 Å². The second-order valence-corrected chi connectivity index (χ2v) is 4.06. The number of para-hydroxylation sites is 1. The summed E-state index contributed by atoms with van der Waals surface area (Å²) in [5, 5.41) is 11.7. The Bertz CT molecular complexity index is 543. The van der Waals surface area contributed by atoms with Crippen LogP contribution >= 0.6 is 15.9 Å². The first kappa shape index (κ1) is 11.5. The number of rotatable bonds is 3. The van der Waals surface area contributed by atoms with E-state index in [1.165, 1.54) is 12.4 Å². The number of benzene rings is 1. The third-order valence-corrected chi connectivity index (χ3v) is 2.71. The summed E-state index contributed by atoms with van der Waals surface area (Å²) in [5.41, 5.74) is 0.873. The minimum atomic E-state index is -1.04. The number of nitrogens with zero attached hydrogens (tertiary/aromatic N) is 2. The molecule has 0 atom stereocenters. The van der Waals surface area contributed by atoms with Crippen LogP contribution in [-0.2, 0) is 0 Å². The molecule has 0 unspecified atom stereocenters. The van der Waals surface area contributed by atoms with Gasteiger partial charge >= 0.3 is 5.97 Å². The van der Waals surface area contributed by atoms with Crippen LogP contribution in [-0.4, -0.2) is 21.0 Å². The largest absolute Gasteiger partial charge is 0.478 e. The van der Waals surface area contributed by atoms with Crippen LogP contribution in [0, 0.1) is 0 Å². The van der Waals surface area contributed by atoms with Crippen molar-refractivity contribution in [3.63, 3.8) is 0 Å². The summed E-state index contributed by atoms with van der Waals surface area (Å²) >= 11 is 3.38. The molecule has 0 fully saturated rings. The molecule has 0 radical (unpaired) electrons. The van der Waals surface area contributed by atoms with E-state index in [4.69, 9.17) is 5.11 Å². The van der Waals surface area contributed by atoms with Gasteiger partial charge in [-0.2, -0.15) is 0 Å². The van der Waals surface area contributed by atoms with Crippen molar-refractivity contribution in [3.8, 4) is 0 Å². The van der Waals surface area contributed by atoms with E-state index in [0.29, 0.717) is 5.95 Å². The van der Waals surface area contributed by atoms with E-state index >= 15 is 0 Å². The molecule has 1 heterocycles. The lowest BCUT2D eigenvalue weighted by molar-refractivity contribution is 0.0696. The Labute approximate surface area is 106 Å². The van der Waals surface area contributed by atoms with E-state index in [0.717, 1.165) is 10.2 Å². The summed E-state index contributed by atoms with van der Waals surface area (Å²) < 4.78 is 0.880. The zero-order valence-corrected chi connectivity index (χ0v) is 10.2.